The topological polar surface area (TPSA) is 153 Å². The van der Waals surface area contributed by atoms with E-state index in [9.17, 15) is 13.2 Å². The summed E-state index contributed by atoms with van der Waals surface area (Å²) >= 11 is 0. The molecule has 15 heteroatoms. The highest BCUT2D eigenvalue weighted by Gasteiger charge is 2.13. The van der Waals surface area contributed by atoms with Crippen LogP contribution in [0, 0.1) is 0 Å². The van der Waals surface area contributed by atoms with E-state index in [0.717, 1.165) is 0 Å². The Hall–Kier alpha value is -1.76. The molecule has 0 amide bonds. The molecule has 14 nitrogen and oxygen atoms in total. The third-order valence-corrected chi connectivity index (χ3v) is 6.33. The quantitative estimate of drug-likeness (QED) is 0.0628. The van der Waals surface area contributed by atoms with Crippen LogP contribution in [-0.4, -0.2) is 147 Å². The van der Waals surface area contributed by atoms with E-state index in [2.05, 4.69) is 0 Å². The summed E-state index contributed by atoms with van der Waals surface area (Å²) in [6.07, 6.45) is 0. The molecule has 43 heavy (non-hydrogen) atoms. The van der Waals surface area contributed by atoms with Crippen molar-refractivity contribution in [2.45, 2.75) is 11.8 Å². The summed E-state index contributed by atoms with van der Waals surface area (Å²) in [6, 6.07) is 7.96. The molecule has 0 aliphatic rings. The molecule has 0 saturated carbocycles. The Morgan fingerprint density at radius 3 is 1.05 bits per heavy atom. The summed E-state index contributed by atoms with van der Waals surface area (Å²) in [5.74, 6) is -0.318. The van der Waals surface area contributed by atoms with Gasteiger partial charge in [-0.05, 0) is 12.1 Å². The van der Waals surface area contributed by atoms with Crippen molar-refractivity contribution in [3.63, 3.8) is 0 Å². The lowest BCUT2D eigenvalue weighted by atomic mass is 10.4. The molecule has 1 aromatic rings. The molecule has 0 saturated heterocycles. The standard InChI is InChI=1S/C28H48O14S/c1-27(29)41-25-23-39-21-19-37-17-15-35-13-11-33-9-7-32-8-10-34-12-14-36-16-18-38-20-22-40-24-26-42-43(30,31)28-5-3-2-4-6-28/h2-6H,7-26H2,1H3. The first-order chi connectivity index (χ1) is 21.0. The van der Waals surface area contributed by atoms with Crippen LogP contribution in [0.15, 0.2) is 35.2 Å². The van der Waals surface area contributed by atoms with Gasteiger partial charge in [-0.25, -0.2) is 0 Å². The van der Waals surface area contributed by atoms with E-state index < -0.39 is 10.1 Å². The second-order valence-electron chi connectivity index (χ2n) is 8.44. The molecule has 0 atom stereocenters. The fraction of sp³-hybridized carbons (Fsp3) is 0.750. The van der Waals surface area contributed by atoms with Gasteiger partial charge in [-0.15, -0.1) is 0 Å². The van der Waals surface area contributed by atoms with Gasteiger partial charge in [0.05, 0.1) is 130 Å². The number of hydrogen-bond acceptors (Lipinski definition) is 14. The second kappa shape index (κ2) is 29.0. The molecule has 0 spiro atoms. The number of ether oxygens (including phenoxy) is 10. The van der Waals surface area contributed by atoms with Crippen LogP contribution in [0.1, 0.15) is 6.92 Å². The van der Waals surface area contributed by atoms with Gasteiger partial charge in [0.25, 0.3) is 10.1 Å². The molecule has 0 heterocycles. The SMILES string of the molecule is CC(=O)OCCOCCOCCOCCOCCOCCOCCOCCOCCOCCOS(=O)(=O)c1ccccc1. The molecule has 0 N–H and O–H groups in total. The van der Waals surface area contributed by atoms with E-state index in [1.54, 1.807) is 18.2 Å². The van der Waals surface area contributed by atoms with Gasteiger partial charge in [-0.3, -0.25) is 8.98 Å². The molecular formula is C28H48O14S. The van der Waals surface area contributed by atoms with Gasteiger partial charge >= 0.3 is 5.97 Å². The summed E-state index contributed by atoms with van der Waals surface area (Å²) in [6.45, 7) is 9.16. The number of rotatable bonds is 32. The second-order valence-corrected chi connectivity index (χ2v) is 10.1. The van der Waals surface area contributed by atoms with Gasteiger partial charge < -0.3 is 47.4 Å². The summed E-state index contributed by atoms with van der Waals surface area (Å²) in [4.78, 5) is 10.7. The number of esters is 1. The normalized spacial score (nSPS) is 11.7. The van der Waals surface area contributed by atoms with Crippen molar-refractivity contribution in [1.82, 2.24) is 0 Å². The molecule has 0 aliphatic heterocycles. The van der Waals surface area contributed by atoms with E-state index in [0.29, 0.717) is 112 Å². The third-order valence-electron chi connectivity index (χ3n) is 5.01. The molecule has 0 aromatic heterocycles. The highest BCUT2D eigenvalue weighted by Crippen LogP contribution is 2.10. The monoisotopic (exact) mass is 640 g/mol. The van der Waals surface area contributed by atoms with Crippen LogP contribution in [0.4, 0.5) is 0 Å². The van der Waals surface area contributed by atoms with Crippen molar-refractivity contribution >= 4 is 16.1 Å². The van der Waals surface area contributed by atoms with Crippen LogP contribution in [0.25, 0.3) is 0 Å². The van der Waals surface area contributed by atoms with Gasteiger partial charge in [-0.2, -0.15) is 8.42 Å². The average Bonchev–Trinajstić information content (AvgIpc) is 3.00. The fourth-order valence-electron chi connectivity index (χ4n) is 2.96. The van der Waals surface area contributed by atoms with Gasteiger partial charge in [-0.1, -0.05) is 18.2 Å². The first-order valence-electron chi connectivity index (χ1n) is 14.3. The lowest BCUT2D eigenvalue weighted by Crippen LogP contribution is -2.15. The molecule has 1 aromatic carbocycles. The first-order valence-corrected chi connectivity index (χ1v) is 15.7. The Bertz CT molecular complexity index is 856. The molecule has 1 rings (SSSR count). The maximum absolute atomic E-state index is 11.9. The van der Waals surface area contributed by atoms with Gasteiger partial charge in [0.2, 0.25) is 0 Å². The Morgan fingerprint density at radius 2 is 0.744 bits per heavy atom. The zero-order chi connectivity index (χ0) is 31.1. The van der Waals surface area contributed by atoms with E-state index in [-0.39, 0.29) is 30.7 Å². The number of benzene rings is 1. The van der Waals surface area contributed by atoms with Crippen molar-refractivity contribution < 1.29 is 64.8 Å². The van der Waals surface area contributed by atoms with E-state index in [4.69, 9.17) is 51.6 Å². The van der Waals surface area contributed by atoms with Crippen LogP contribution < -0.4 is 0 Å². The van der Waals surface area contributed by atoms with E-state index >= 15 is 0 Å². The maximum atomic E-state index is 11.9. The third kappa shape index (κ3) is 26.4. The average molecular weight is 641 g/mol. The molecule has 0 bridgehead atoms. The van der Waals surface area contributed by atoms with Gasteiger partial charge in [0, 0.05) is 6.92 Å². The lowest BCUT2D eigenvalue weighted by Gasteiger charge is -2.09. The molecule has 0 aliphatic carbocycles. The Kier molecular flexibility index (Phi) is 26.5. The van der Waals surface area contributed by atoms with Crippen LogP contribution in [0.2, 0.25) is 0 Å². The van der Waals surface area contributed by atoms with E-state index in [1.165, 1.54) is 19.1 Å². The van der Waals surface area contributed by atoms with Crippen LogP contribution >= 0.6 is 0 Å². The summed E-state index contributed by atoms with van der Waals surface area (Å²) in [5, 5.41) is 0. The van der Waals surface area contributed by atoms with Gasteiger partial charge in [0.1, 0.15) is 6.61 Å². The number of hydrogen-bond donors (Lipinski definition) is 0. The number of carbonyl (C=O) groups excluding carboxylic acids is 1. The van der Waals surface area contributed by atoms with Crippen molar-refractivity contribution in [2.75, 3.05) is 132 Å². The highest BCUT2D eigenvalue weighted by molar-refractivity contribution is 7.86. The van der Waals surface area contributed by atoms with Crippen LogP contribution in [-0.2, 0) is 66.5 Å². The van der Waals surface area contributed by atoms with Crippen LogP contribution in [0.5, 0.6) is 0 Å². The zero-order valence-electron chi connectivity index (χ0n) is 25.2. The summed E-state index contributed by atoms with van der Waals surface area (Å²) in [5.41, 5.74) is 0. The lowest BCUT2D eigenvalue weighted by molar-refractivity contribution is -0.142. The smallest absolute Gasteiger partial charge is 0.302 e. The Balaban J connectivity index is 1.68. The number of carbonyl (C=O) groups is 1. The predicted molar refractivity (Wildman–Crippen MR) is 154 cm³/mol. The fourth-order valence-corrected chi connectivity index (χ4v) is 3.88. The van der Waals surface area contributed by atoms with Crippen LogP contribution in [0.3, 0.4) is 0 Å². The molecule has 250 valence electrons. The molecule has 0 radical (unpaired) electrons. The van der Waals surface area contributed by atoms with Gasteiger partial charge in [0.15, 0.2) is 0 Å². The van der Waals surface area contributed by atoms with Crippen molar-refractivity contribution in [2.24, 2.45) is 0 Å². The minimum atomic E-state index is -3.76. The Morgan fingerprint density at radius 1 is 0.465 bits per heavy atom. The van der Waals surface area contributed by atoms with Crippen molar-refractivity contribution in [3.05, 3.63) is 30.3 Å². The van der Waals surface area contributed by atoms with E-state index in [1.807, 2.05) is 0 Å². The molecular weight excluding hydrogens is 592 g/mol. The minimum Gasteiger partial charge on any atom is -0.463 e. The molecule has 0 fully saturated rings. The Labute approximate surface area is 255 Å². The van der Waals surface area contributed by atoms with Crippen molar-refractivity contribution in [3.8, 4) is 0 Å². The molecule has 0 unspecified atom stereocenters. The van der Waals surface area contributed by atoms with Crippen molar-refractivity contribution in [1.29, 1.82) is 0 Å². The largest absolute Gasteiger partial charge is 0.463 e. The highest BCUT2D eigenvalue weighted by atomic mass is 32.2. The predicted octanol–water partition coefficient (Wildman–Crippen LogP) is 1.10. The zero-order valence-corrected chi connectivity index (χ0v) is 26.0. The summed E-state index contributed by atoms with van der Waals surface area (Å²) < 4.78 is 82.0. The maximum Gasteiger partial charge on any atom is 0.302 e. The first kappa shape index (κ1) is 39.3. The minimum absolute atomic E-state index is 0.0615. The summed E-state index contributed by atoms with van der Waals surface area (Å²) in [7, 11) is -3.76.